The van der Waals surface area contributed by atoms with Gasteiger partial charge in [0.25, 0.3) is 0 Å². The molecule has 0 aromatic heterocycles. The standard InChI is InChI=1S/C13H16F3NO/c1-18-11-5-3-2-4-9(11)17-10-7-6-8(14)12(15)13(10)16/h6-7,9,11,17H,2-5H2,1H3. The minimum atomic E-state index is -1.44. The van der Waals surface area contributed by atoms with Gasteiger partial charge in [-0.2, -0.15) is 0 Å². The van der Waals surface area contributed by atoms with Gasteiger partial charge in [0.1, 0.15) is 0 Å². The van der Waals surface area contributed by atoms with Crippen molar-refractivity contribution in [3.05, 3.63) is 29.6 Å². The van der Waals surface area contributed by atoms with E-state index in [9.17, 15) is 13.2 Å². The van der Waals surface area contributed by atoms with E-state index in [1.165, 1.54) is 6.07 Å². The van der Waals surface area contributed by atoms with Gasteiger partial charge in [0.15, 0.2) is 17.5 Å². The van der Waals surface area contributed by atoms with Crippen LogP contribution in [0.25, 0.3) is 0 Å². The number of rotatable bonds is 3. The van der Waals surface area contributed by atoms with Crippen molar-refractivity contribution in [1.29, 1.82) is 0 Å². The second kappa shape index (κ2) is 5.61. The van der Waals surface area contributed by atoms with Crippen LogP contribution in [0.4, 0.5) is 18.9 Å². The summed E-state index contributed by atoms with van der Waals surface area (Å²) in [6.45, 7) is 0. The van der Waals surface area contributed by atoms with Crippen molar-refractivity contribution in [3.63, 3.8) is 0 Å². The van der Waals surface area contributed by atoms with Crippen molar-refractivity contribution < 1.29 is 17.9 Å². The molecule has 1 aliphatic carbocycles. The van der Waals surface area contributed by atoms with Crippen LogP contribution in [0.5, 0.6) is 0 Å². The predicted molar refractivity (Wildman–Crippen MR) is 63.0 cm³/mol. The molecule has 5 heteroatoms. The summed E-state index contributed by atoms with van der Waals surface area (Å²) in [4.78, 5) is 0. The fraction of sp³-hybridized carbons (Fsp3) is 0.538. The number of anilines is 1. The van der Waals surface area contributed by atoms with Crippen LogP contribution in [0.15, 0.2) is 12.1 Å². The molecule has 18 heavy (non-hydrogen) atoms. The highest BCUT2D eigenvalue weighted by atomic mass is 19.2. The van der Waals surface area contributed by atoms with Crippen molar-refractivity contribution in [2.24, 2.45) is 0 Å². The van der Waals surface area contributed by atoms with E-state index in [4.69, 9.17) is 4.74 Å². The zero-order valence-corrected chi connectivity index (χ0v) is 10.2. The maximum absolute atomic E-state index is 13.5. The molecule has 1 fully saturated rings. The van der Waals surface area contributed by atoms with Crippen LogP contribution in [0.1, 0.15) is 25.7 Å². The summed E-state index contributed by atoms with van der Waals surface area (Å²) in [6.07, 6.45) is 3.78. The lowest BCUT2D eigenvalue weighted by Crippen LogP contribution is -2.38. The number of benzene rings is 1. The number of nitrogens with one attached hydrogen (secondary N) is 1. The molecule has 0 aliphatic heterocycles. The second-order valence-electron chi connectivity index (χ2n) is 4.53. The average Bonchev–Trinajstić information content (AvgIpc) is 2.40. The summed E-state index contributed by atoms with van der Waals surface area (Å²) in [5, 5.41) is 2.91. The summed E-state index contributed by atoms with van der Waals surface area (Å²) < 4.78 is 44.8. The van der Waals surface area contributed by atoms with Gasteiger partial charge < -0.3 is 10.1 Å². The van der Waals surface area contributed by atoms with Crippen LogP contribution in [0.3, 0.4) is 0 Å². The molecular weight excluding hydrogens is 243 g/mol. The summed E-state index contributed by atoms with van der Waals surface area (Å²) in [5.74, 6) is -3.79. The summed E-state index contributed by atoms with van der Waals surface area (Å²) in [5.41, 5.74) is -0.0112. The topological polar surface area (TPSA) is 21.3 Å². The van der Waals surface area contributed by atoms with Crippen LogP contribution in [-0.2, 0) is 4.74 Å². The third kappa shape index (κ3) is 2.61. The monoisotopic (exact) mass is 259 g/mol. The number of methoxy groups -OCH3 is 1. The molecule has 0 saturated heterocycles. The minimum Gasteiger partial charge on any atom is -0.379 e. The largest absolute Gasteiger partial charge is 0.379 e. The molecule has 0 bridgehead atoms. The van der Waals surface area contributed by atoms with Gasteiger partial charge in [-0.1, -0.05) is 12.8 Å². The van der Waals surface area contributed by atoms with E-state index in [0.29, 0.717) is 0 Å². The lowest BCUT2D eigenvalue weighted by Gasteiger charge is -2.31. The van der Waals surface area contributed by atoms with Gasteiger partial charge in [-0.05, 0) is 25.0 Å². The lowest BCUT2D eigenvalue weighted by atomic mass is 9.92. The molecule has 0 radical (unpaired) electrons. The highest BCUT2D eigenvalue weighted by molar-refractivity contribution is 5.46. The Morgan fingerprint density at radius 3 is 2.56 bits per heavy atom. The summed E-state index contributed by atoms with van der Waals surface area (Å²) in [7, 11) is 1.60. The van der Waals surface area contributed by atoms with Crippen LogP contribution >= 0.6 is 0 Å². The molecule has 0 heterocycles. The molecule has 0 spiro atoms. The fourth-order valence-electron chi connectivity index (χ4n) is 2.38. The third-order valence-corrected chi connectivity index (χ3v) is 3.38. The molecule has 1 aliphatic rings. The normalized spacial score (nSPS) is 24.0. The minimum absolute atomic E-state index is 0.0112. The maximum Gasteiger partial charge on any atom is 0.196 e. The molecule has 2 atom stereocenters. The Balaban J connectivity index is 2.15. The first-order chi connectivity index (χ1) is 8.63. The van der Waals surface area contributed by atoms with Crippen LogP contribution in [-0.4, -0.2) is 19.3 Å². The van der Waals surface area contributed by atoms with Gasteiger partial charge in [0, 0.05) is 7.11 Å². The molecule has 2 rings (SSSR count). The Labute approximate surface area is 104 Å². The molecule has 1 aromatic rings. The average molecular weight is 259 g/mol. The highest BCUT2D eigenvalue weighted by Crippen LogP contribution is 2.26. The third-order valence-electron chi connectivity index (χ3n) is 3.38. The van der Waals surface area contributed by atoms with Gasteiger partial charge in [-0.3, -0.25) is 0 Å². The SMILES string of the molecule is COC1CCCCC1Nc1ccc(F)c(F)c1F. The zero-order valence-electron chi connectivity index (χ0n) is 10.2. The quantitative estimate of drug-likeness (QED) is 0.839. The van der Waals surface area contributed by atoms with Crippen LogP contribution < -0.4 is 5.32 Å². The highest BCUT2D eigenvalue weighted by Gasteiger charge is 2.26. The molecule has 0 amide bonds. The van der Waals surface area contributed by atoms with Crippen LogP contribution in [0, 0.1) is 17.5 Å². The van der Waals surface area contributed by atoms with E-state index in [2.05, 4.69) is 5.32 Å². The van der Waals surface area contributed by atoms with Crippen molar-refractivity contribution in [3.8, 4) is 0 Å². The second-order valence-corrected chi connectivity index (χ2v) is 4.53. The lowest BCUT2D eigenvalue weighted by molar-refractivity contribution is 0.0605. The first-order valence-corrected chi connectivity index (χ1v) is 6.06. The maximum atomic E-state index is 13.5. The number of halogens is 3. The zero-order chi connectivity index (χ0) is 13.1. The fourth-order valence-corrected chi connectivity index (χ4v) is 2.38. The van der Waals surface area contributed by atoms with Crippen LogP contribution in [0.2, 0.25) is 0 Å². The van der Waals surface area contributed by atoms with Gasteiger partial charge >= 0.3 is 0 Å². The smallest absolute Gasteiger partial charge is 0.196 e. The number of hydrogen-bond acceptors (Lipinski definition) is 2. The first kappa shape index (κ1) is 13.2. The van der Waals surface area contributed by atoms with Crippen molar-refractivity contribution in [1.82, 2.24) is 0 Å². The number of ether oxygens (including phenoxy) is 1. The van der Waals surface area contributed by atoms with Gasteiger partial charge in [-0.15, -0.1) is 0 Å². The van der Waals surface area contributed by atoms with Gasteiger partial charge in [0.2, 0.25) is 0 Å². The summed E-state index contributed by atoms with van der Waals surface area (Å²) >= 11 is 0. The van der Waals surface area contributed by atoms with Gasteiger partial charge in [0.05, 0.1) is 17.8 Å². The Morgan fingerprint density at radius 2 is 1.83 bits per heavy atom. The first-order valence-electron chi connectivity index (χ1n) is 6.06. The number of hydrogen-bond donors (Lipinski definition) is 1. The molecule has 1 N–H and O–H groups in total. The molecule has 2 nitrogen and oxygen atoms in total. The van der Waals surface area contributed by atoms with Crippen molar-refractivity contribution >= 4 is 5.69 Å². The van der Waals surface area contributed by atoms with E-state index in [0.717, 1.165) is 31.7 Å². The Hall–Kier alpha value is -1.23. The van der Waals surface area contributed by atoms with E-state index in [1.54, 1.807) is 7.11 Å². The Bertz CT molecular complexity index is 425. The van der Waals surface area contributed by atoms with E-state index >= 15 is 0 Å². The van der Waals surface area contributed by atoms with Gasteiger partial charge in [-0.25, -0.2) is 13.2 Å². The predicted octanol–water partition coefficient (Wildman–Crippen LogP) is 3.47. The summed E-state index contributed by atoms with van der Waals surface area (Å²) in [6, 6.07) is 2.07. The van der Waals surface area contributed by atoms with E-state index in [1.807, 2.05) is 0 Å². The molecule has 1 aromatic carbocycles. The molecule has 2 unspecified atom stereocenters. The Morgan fingerprint density at radius 1 is 1.11 bits per heavy atom. The Kier molecular flexibility index (Phi) is 4.11. The molecular formula is C13H16F3NO. The van der Waals surface area contributed by atoms with Crippen molar-refractivity contribution in [2.75, 3.05) is 12.4 Å². The van der Waals surface area contributed by atoms with E-state index < -0.39 is 17.5 Å². The molecule has 1 saturated carbocycles. The molecule has 100 valence electrons. The van der Waals surface area contributed by atoms with Crippen molar-refractivity contribution in [2.45, 2.75) is 37.8 Å². The van der Waals surface area contributed by atoms with E-state index in [-0.39, 0.29) is 17.8 Å².